The molecule has 1 aromatic heterocycles. The third kappa shape index (κ3) is 2.65. The number of hydrogen-bond acceptors (Lipinski definition) is 2. The Bertz CT molecular complexity index is 1140. The second kappa shape index (κ2) is 5.90. The van der Waals surface area contributed by atoms with Gasteiger partial charge >= 0.3 is 0 Å². The molecule has 3 nitrogen and oxygen atoms in total. The predicted molar refractivity (Wildman–Crippen MR) is 101 cm³/mol. The first-order valence-electron chi connectivity index (χ1n) is 8.05. The minimum atomic E-state index is -3.70. The zero-order chi connectivity index (χ0) is 17.4. The maximum absolute atomic E-state index is 13.4. The van der Waals surface area contributed by atoms with Crippen LogP contribution in [0.5, 0.6) is 0 Å². The van der Waals surface area contributed by atoms with Crippen LogP contribution in [-0.4, -0.2) is 12.4 Å². The predicted octanol–water partition coefficient (Wildman–Crippen LogP) is 4.85. The Balaban J connectivity index is 2.08. The second-order valence-corrected chi connectivity index (χ2v) is 7.83. The fraction of sp³-hybridized carbons (Fsp3) is 0.0476. The van der Waals surface area contributed by atoms with E-state index in [9.17, 15) is 8.42 Å². The maximum Gasteiger partial charge on any atom is 0.268 e. The van der Waals surface area contributed by atoms with Crippen LogP contribution in [0.15, 0.2) is 89.8 Å². The number of nitrogens with zero attached hydrogens (tertiary/aromatic N) is 1. The van der Waals surface area contributed by atoms with Gasteiger partial charge in [0.1, 0.15) is 0 Å². The molecule has 1 heterocycles. The van der Waals surface area contributed by atoms with Crippen LogP contribution in [0.3, 0.4) is 0 Å². The Kier molecular flexibility index (Phi) is 3.70. The molecule has 0 atom stereocenters. The summed E-state index contributed by atoms with van der Waals surface area (Å²) >= 11 is 0. The molecule has 0 saturated heterocycles. The number of aryl methyl sites for hydroxylation is 1. The SMILES string of the molecule is Cc1ccc2c(c1)cc(-c1ccccc1)n2S(=O)(=O)c1ccccc1. The molecule has 0 aliphatic heterocycles. The Morgan fingerprint density at radius 1 is 0.760 bits per heavy atom. The average molecular weight is 347 g/mol. The third-order valence-corrected chi connectivity index (χ3v) is 6.01. The first-order valence-corrected chi connectivity index (χ1v) is 9.49. The minimum Gasteiger partial charge on any atom is -0.233 e. The molecule has 124 valence electrons. The summed E-state index contributed by atoms with van der Waals surface area (Å²) in [5.74, 6) is 0. The van der Waals surface area contributed by atoms with Crippen LogP contribution >= 0.6 is 0 Å². The summed E-state index contributed by atoms with van der Waals surface area (Å²) in [4.78, 5) is 0.283. The number of benzene rings is 3. The molecule has 0 N–H and O–H groups in total. The van der Waals surface area contributed by atoms with Crippen LogP contribution in [0, 0.1) is 6.92 Å². The van der Waals surface area contributed by atoms with Crippen molar-refractivity contribution in [2.45, 2.75) is 11.8 Å². The highest BCUT2D eigenvalue weighted by atomic mass is 32.2. The van der Waals surface area contributed by atoms with Gasteiger partial charge in [0.05, 0.1) is 16.1 Å². The van der Waals surface area contributed by atoms with E-state index in [1.807, 2.05) is 67.6 Å². The number of hydrogen-bond donors (Lipinski definition) is 0. The van der Waals surface area contributed by atoms with Crippen molar-refractivity contribution in [3.05, 3.63) is 90.5 Å². The largest absolute Gasteiger partial charge is 0.268 e. The van der Waals surface area contributed by atoms with Crippen LogP contribution in [-0.2, 0) is 10.0 Å². The highest BCUT2D eigenvalue weighted by Gasteiger charge is 2.23. The number of aromatic nitrogens is 1. The molecule has 4 heteroatoms. The number of fused-ring (bicyclic) bond motifs is 1. The van der Waals surface area contributed by atoms with Crippen molar-refractivity contribution in [3.8, 4) is 11.3 Å². The molecule has 0 unspecified atom stereocenters. The third-order valence-electron chi connectivity index (χ3n) is 4.26. The van der Waals surface area contributed by atoms with Gasteiger partial charge in [0.2, 0.25) is 0 Å². The van der Waals surface area contributed by atoms with Gasteiger partial charge in [0, 0.05) is 5.39 Å². The highest BCUT2D eigenvalue weighted by Crippen LogP contribution is 2.32. The van der Waals surface area contributed by atoms with Crippen molar-refractivity contribution >= 4 is 20.9 Å². The van der Waals surface area contributed by atoms with Gasteiger partial charge in [-0.05, 0) is 42.8 Å². The van der Waals surface area contributed by atoms with Crippen molar-refractivity contribution in [2.75, 3.05) is 0 Å². The van der Waals surface area contributed by atoms with Crippen LogP contribution in [0.25, 0.3) is 22.2 Å². The van der Waals surface area contributed by atoms with Crippen LogP contribution in [0.1, 0.15) is 5.56 Å². The fourth-order valence-corrected chi connectivity index (χ4v) is 4.63. The summed E-state index contributed by atoms with van der Waals surface area (Å²) in [6.45, 7) is 2.00. The molecule has 0 aliphatic rings. The first-order chi connectivity index (χ1) is 12.1. The minimum absolute atomic E-state index is 0.283. The van der Waals surface area contributed by atoms with Crippen LogP contribution < -0.4 is 0 Å². The molecular formula is C21H17NO2S. The summed E-state index contributed by atoms with van der Waals surface area (Å²) < 4.78 is 28.2. The summed E-state index contributed by atoms with van der Waals surface area (Å²) in [5.41, 5.74) is 3.33. The molecule has 25 heavy (non-hydrogen) atoms. The van der Waals surface area contributed by atoms with E-state index < -0.39 is 10.0 Å². The Hall–Kier alpha value is -2.85. The van der Waals surface area contributed by atoms with Gasteiger partial charge in [-0.3, -0.25) is 0 Å². The second-order valence-electron chi connectivity index (χ2n) is 6.04. The van der Waals surface area contributed by atoms with Crippen molar-refractivity contribution in [2.24, 2.45) is 0 Å². The van der Waals surface area contributed by atoms with E-state index in [0.29, 0.717) is 11.2 Å². The van der Waals surface area contributed by atoms with Gasteiger partial charge in [-0.25, -0.2) is 12.4 Å². The quantitative estimate of drug-likeness (QED) is 0.531. The maximum atomic E-state index is 13.4. The van der Waals surface area contributed by atoms with Gasteiger partial charge in [-0.15, -0.1) is 0 Å². The van der Waals surface area contributed by atoms with Crippen molar-refractivity contribution in [1.29, 1.82) is 0 Å². The zero-order valence-corrected chi connectivity index (χ0v) is 14.6. The Morgan fingerprint density at radius 3 is 2.08 bits per heavy atom. The van der Waals surface area contributed by atoms with E-state index >= 15 is 0 Å². The van der Waals surface area contributed by atoms with E-state index in [2.05, 4.69) is 0 Å². The molecule has 4 rings (SSSR count). The summed E-state index contributed by atoms with van der Waals surface area (Å²) in [5, 5.41) is 0.915. The summed E-state index contributed by atoms with van der Waals surface area (Å²) in [6, 6.07) is 25.9. The van der Waals surface area contributed by atoms with Gasteiger partial charge in [-0.2, -0.15) is 0 Å². The molecule has 0 fully saturated rings. The molecule has 0 aliphatic carbocycles. The molecule has 0 saturated carbocycles. The number of rotatable bonds is 3. The van der Waals surface area contributed by atoms with E-state index in [1.165, 1.54) is 3.97 Å². The lowest BCUT2D eigenvalue weighted by Crippen LogP contribution is -2.14. The van der Waals surface area contributed by atoms with Gasteiger partial charge < -0.3 is 0 Å². The standard InChI is InChI=1S/C21H17NO2S/c1-16-12-13-20-18(14-16)15-21(17-8-4-2-5-9-17)22(20)25(23,24)19-10-6-3-7-11-19/h2-15H,1H3. The van der Waals surface area contributed by atoms with Gasteiger partial charge in [-0.1, -0.05) is 60.2 Å². The molecule has 4 aromatic rings. The lowest BCUT2D eigenvalue weighted by molar-refractivity contribution is 0.589. The normalized spacial score (nSPS) is 11.7. The van der Waals surface area contributed by atoms with E-state index in [4.69, 9.17) is 0 Å². The molecule has 0 spiro atoms. The van der Waals surface area contributed by atoms with Crippen LogP contribution in [0.4, 0.5) is 0 Å². The Labute approximate surface area is 147 Å². The van der Waals surface area contributed by atoms with Gasteiger partial charge in [0.25, 0.3) is 10.0 Å². The summed E-state index contributed by atoms with van der Waals surface area (Å²) in [7, 11) is -3.70. The summed E-state index contributed by atoms with van der Waals surface area (Å²) in [6.07, 6.45) is 0. The average Bonchev–Trinajstić information content (AvgIpc) is 3.02. The first kappa shape index (κ1) is 15.7. The van der Waals surface area contributed by atoms with Crippen molar-refractivity contribution < 1.29 is 8.42 Å². The van der Waals surface area contributed by atoms with E-state index in [1.54, 1.807) is 24.3 Å². The van der Waals surface area contributed by atoms with Crippen molar-refractivity contribution in [3.63, 3.8) is 0 Å². The Morgan fingerprint density at radius 2 is 1.40 bits per heavy atom. The van der Waals surface area contributed by atoms with E-state index in [-0.39, 0.29) is 4.90 Å². The lowest BCUT2D eigenvalue weighted by atomic mass is 10.1. The molecule has 0 radical (unpaired) electrons. The van der Waals surface area contributed by atoms with Gasteiger partial charge in [0.15, 0.2) is 0 Å². The fourth-order valence-electron chi connectivity index (χ4n) is 3.08. The topological polar surface area (TPSA) is 39.1 Å². The lowest BCUT2D eigenvalue weighted by Gasteiger charge is -2.12. The smallest absolute Gasteiger partial charge is 0.233 e. The molecular weight excluding hydrogens is 330 g/mol. The van der Waals surface area contributed by atoms with Crippen molar-refractivity contribution in [1.82, 2.24) is 3.97 Å². The monoisotopic (exact) mass is 347 g/mol. The zero-order valence-electron chi connectivity index (χ0n) is 13.8. The molecule has 0 bridgehead atoms. The molecule has 0 amide bonds. The molecule has 3 aromatic carbocycles. The van der Waals surface area contributed by atoms with Crippen LogP contribution in [0.2, 0.25) is 0 Å². The van der Waals surface area contributed by atoms with E-state index in [0.717, 1.165) is 16.5 Å². The highest BCUT2D eigenvalue weighted by molar-refractivity contribution is 7.90.